The summed E-state index contributed by atoms with van der Waals surface area (Å²) in [5, 5.41) is 0. The normalized spacial score (nSPS) is 10.5. The molecule has 0 N–H and O–H groups in total. The van der Waals surface area contributed by atoms with Gasteiger partial charge in [-0.15, -0.1) is 0 Å². The number of likely N-dealkylation sites (N-methyl/N-ethyl adjacent to an activating group) is 1. The van der Waals surface area contributed by atoms with Crippen molar-refractivity contribution in [3.63, 3.8) is 0 Å². The molecule has 0 spiro atoms. The van der Waals surface area contributed by atoms with Crippen molar-refractivity contribution in [2.75, 3.05) is 27.2 Å². The van der Waals surface area contributed by atoms with E-state index >= 15 is 0 Å². The molecule has 0 aliphatic rings. The molecule has 0 amide bonds. The maximum Gasteiger partial charge on any atom is 0.508 e. The number of carbonyl (C=O) groups is 1. The van der Waals surface area contributed by atoms with Crippen LogP contribution >= 0.6 is 0 Å². The van der Waals surface area contributed by atoms with Gasteiger partial charge in [-0.1, -0.05) is 0 Å². The summed E-state index contributed by atoms with van der Waals surface area (Å²) in [6.45, 7) is 4.66. The molecule has 12 heavy (non-hydrogen) atoms. The summed E-state index contributed by atoms with van der Waals surface area (Å²) in [5.74, 6) is 0. The lowest BCUT2D eigenvalue weighted by Gasteiger charge is -2.11. The highest BCUT2D eigenvalue weighted by molar-refractivity contribution is 5.59. The zero-order valence-corrected chi connectivity index (χ0v) is 8.16. The van der Waals surface area contributed by atoms with E-state index in [4.69, 9.17) is 9.47 Å². The molecule has 0 radical (unpaired) electrons. The van der Waals surface area contributed by atoms with Gasteiger partial charge < -0.3 is 14.4 Å². The van der Waals surface area contributed by atoms with Crippen molar-refractivity contribution < 1.29 is 14.3 Å². The fourth-order valence-corrected chi connectivity index (χ4v) is 0.538. The van der Waals surface area contributed by atoms with Gasteiger partial charge in [-0.3, -0.25) is 0 Å². The average Bonchev–Trinajstić information content (AvgIpc) is 1.84. The number of rotatable bonds is 4. The lowest BCUT2D eigenvalue weighted by atomic mass is 10.5. The largest absolute Gasteiger partial charge is 0.508 e. The van der Waals surface area contributed by atoms with Crippen molar-refractivity contribution in [3.8, 4) is 0 Å². The number of nitrogens with zero attached hydrogens (tertiary/aromatic N) is 1. The summed E-state index contributed by atoms with van der Waals surface area (Å²) in [7, 11) is 3.83. The summed E-state index contributed by atoms with van der Waals surface area (Å²) in [6, 6.07) is 0. The zero-order valence-electron chi connectivity index (χ0n) is 8.16. The van der Waals surface area contributed by atoms with E-state index in [2.05, 4.69) is 0 Å². The fourth-order valence-electron chi connectivity index (χ4n) is 0.538. The molecule has 0 bridgehead atoms. The maximum atomic E-state index is 10.8. The van der Waals surface area contributed by atoms with E-state index in [1.54, 1.807) is 13.8 Å². The van der Waals surface area contributed by atoms with Crippen LogP contribution in [0.1, 0.15) is 13.8 Å². The molecule has 0 saturated heterocycles. The van der Waals surface area contributed by atoms with E-state index in [1.807, 2.05) is 19.0 Å². The Morgan fingerprint density at radius 3 is 2.42 bits per heavy atom. The molecule has 4 heteroatoms. The number of hydrogen-bond acceptors (Lipinski definition) is 4. The van der Waals surface area contributed by atoms with E-state index in [0.29, 0.717) is 13.2 Å². The van der Waals surface area contributed by atoms with E-state index in [0.717, 1.165) is 0 Å². The molecule has 0 heterocycles. The summed E-state index contributed by atoms with van der Waals surface area (Å²) in [6.07, 6.45) is -0.705. The van der Waals surface area contributed by atoms with Crippen molar-refractivity contribution in [2.45, 2.75) is 20.0 Å². The van der Waals surface area contributed by atoms with E-state index in [1.165, 1.54) is 0 Å². The van der Waals surface area contributed by atoms with Gasteiger partial charge in [0.1, 0.15) is 6.61 Å². The van der Waals surface area contributed by atoms with Crippen LogP contribution in [-0.2, 0) is 9.47 Å². The molecule has 4 nitrogen and oxygen atoms in total. The highest BCUT2D eigenvalue weighted by atomic mass is 16.7. The van der Waals surface area contributed by atoms with Crippen LogP contribution in [-0.4, -0.2) is 44.4 Å². The van der Waals surface area contributed by atoms with Gasteiger partial charge in [-0.2, -0.15) is 0 Å². The van der Waals surface area contributed by atoms with E-state index in [9.17, 15) is 4.79 Å². The first-order chi connectivity index (χ1) is 5.52. The van der Waals surface area contributed by atoms with Crippen LogP contribution in [0.5, 0.6) is 0 Å². The molecule has 0 fully saturated rings. The number of ether oxygens (including phenoxy) is 2. The minimum absolute atomic E-state index is 0.114. The van der Waals surface area contributed by atoms with E-state index < -0.39 is 6.16 Å². The van der Waals surface area contributed by atoms with Crippen molar-refractivity contribution in [3.05, 3.63) is 0 Å². The minimum Gasteiger partial charge on any atom is -0.433 e. The zero-order chi connectivity index (χ0) is 9.56. The van der Waals surface area contributed by atoms with Crippen LogP contribution in [0.4, 0.5) is 4.79 Å². The van der Waals surface area contributed by atoms with Gasteiger partial charge in [-0.05, 0) is 27.9 Å². The third-order valence-electron chi connectivity index (χ3n) is 1.09. The van der Waals surface area contributed by atoms with Crippen LogP contribution in [0.3, 0.4) is 0 Å². The molecule has 0 aliphatic heterocycles. The molecular weight excluding hydrogens is 158 g/mol. The summed E-state index contributed by atoms with van der Waals surface area (Å²) in [5.41, 5.74) is 0. The van der Waals surface area contributed by atoms with Crippen molar-refractivity contribution in [1.29, 1.82) is 0 Å². The van der Waals surface area contributed by atoms with Crippen molar-refractivity contribution in [2.24, 2.45) is 0 Å². The second kappa shape index (κ2) is 5.83. The smallest absolute Gasteiger partial charge is 0.433 e. The van der Waals surface area contributed by atoms with Gasteiger partial charge in [0.25, 0.3) is 0 Å². The van der Waals surface area contributed by atoms with Gasteiger partial charge in [0.05, 0.1) is 6.10 Å². The SMILES string of the molecule is CC(C)OC(=O)OCCN(C)C. The van der Waals surface area contributed by atoms with Crippen molar-refractivity contribution >= 4 is 6.16 Å². The molecule has 0 unspecified atom stereocenters. The Labute approximate surface area is 73.4 Å². The second-order valence-electron chi connectivity index (χ2n) is 3.07. The standard InChI is InChI=1S/C8H17NO3/c1-7(2)12-8(10)11-6-5-9(3)4/h7H,5-6H2,1-4H3. The van der Waals surface area contributed by atoms with Crippen LogP contribution in [0.25, 0.3) is 0 Å². The summed E-state index contributed by atoms with van der Waals surface area (Å²) in [4.78, 5) is 12.7. The highest BCUT2D eigenvalue weighted by Gasteiger charge is 2.05. The van der Waals surface area contributed by atoms with Crippen LogP contribution < -0.4 is 0 Å². The van der Waals surface area contributed by atoms with Gasteiger partial charge in [-0.25, -0.2) is 4.79 Å². The second-order valence-corrected chi connectivity index (χ2v) is 3.07. The van der Waals surface area contributed by atoms with Gasteiger partial charge in [0, 0.05) is 6.54 Å². The molecule has 0 aromatic rings. The predicted octanol–water partition coefficient (Wildman–Crippen LogP) is 1.11. The Balaban J connectivity index is 3.32. The van der Waals surface area contributed by atoms with E-state index in [-0.39, 0.29) is 6.10 Å². The first kappa shape index (κ1) is 11.2. The highest BCUT2D eigenvalue weighted by Crippen LogP contribution is 1.92. The van der Waals surface area contributed by atoms with Crippen molar-refractivity contribution in [1.82, 2.24) is 4.90 Å². The summed E-state index contributed by atoms with van der Waals surface area (Å²) < 4.78 is 9.51. The third kappa shape index (κ3) is 7.34. The average molecular weight is 175 g/mol. The number of hydrogen-bond donors (Lipinski definition) is 0. The van der Waals surface area contributed by atoms with Crippen LogP contribution in [0, 0.1) is 0 Å². The fraction of sp³-hybridized carbons (Fsp3) is 0.875. The Morgan fingerprint density at radius 2 is 2.00 bits per heavy atom. The first-order valence-corrected chi connectivity index (χ1v) is 4.00. The first-order valence-electron chi connectivity index (χ1n) is 4.00. The Hall–Kier alpha value is -0.770. The topological polar surface area (TPSA) is 38.8 Å². The lowest BCUT2D eigenvalue weighted by Crippen LogP contribution is -2.21. The Kier molecular flexibility index (Phi) is 5.45. The minimum atomic E-state index is -0.591. The molecular formula is C8H17NO3. The third-order valence-corrected chi connectivity index (χ3v) is 1.09. The molecule has 0 aromatic heterocycles. The van der Waals surface area contributed by atoms with Crippen LogP contribution in [0.15, 0.2) is 0 Å². The Bertz CT molecular complexity index is 134. The molecule has 0 atom stereocenters. The van der Waals surface area contributed by atoms with Gasteiger partial charge in [0.15, 0.2) is 0 Å². The molecule has 0 aliphatic carbocycles. The molecule has 0 rings (SSSR count). The molecule has 0 aromatic carbocycles. The predicted molar refractivity (Wildman–Crippen MR) is 46.1 cm³/mol. The maximum absolute atomic E-state index is 10.8. The molecule has 72 valence electrons. The number of carbonyl (C=O) groups excluding carboxylic acids is 1. The monoisotopic (exact) mass is 175 g/mol. The lowest BCUT2D eigenvalue weighted by molar-refractivity contribution is 0.0315. The Morgan fingerprint density at radius 1 is 1.42 bits per heavy atom. The summed E-state index contributed by atoms with van der Waals surface area (Å²) >= 11 is 0. The quantitative estimate of drug-likeness (QED) is 0.600. The molecule has 0 saturated carbocycles. The van der Waals surface area contributed by atoms with Gasteiger partial charge in [0.2, 0.25) is 0 Å². The van der Waals surface area contributed by atoms with Gasteiger partial charge >= 0.3 is 6.16 Å². The van der Waals surface area contributed by atoms with Crippen LogP contribution in [0.2, 0.25) is 0 Å².